The van der Waals surface area contributed by atoms with E-state index in [4.69, 9.17) is 11.6 Å². The molecule has 0 bridgehead atoms. The Bertz CT molecular complexity index is 418. The first-order valence-electron chi connectivity index (χ1n) is 6.07. The van der Waals surface area contributed by atoms with Gasteiger partial charge in [0.1, 0.15) is 0 Å². The van der Waals surface area contributed by atoms with Crippen molar-refractivity contribution < 1.29 is 4.79 Å². The molecular weight excluding hydrogens is 234 g/mol. The van der Waals surface area contributed by atoms with Crippen molar-refractivity contribution in [2.45, 2.75) is 26.3 Å². The summed E-state index contributed by atoms with van der Waals surface area (Å²) in [5.41, 5.74) is 1.89. The summed E-state index contributed by atoms with van der Waals surface area (Å²) < 4.78 is 0. The third-order valence-corrected chi connectivity index (χ3v) is 3.88. The Labute approximate surface area is 108 Å². The van der Waals surface area contributed by atoms with Crippen LogP contribution in [0.3, 0.4) is 0 Å². The molecule has 1 aromatic carbocycles. The molecule has 2 rings (SSSR count). The van der Waals surface area contributed by atoms with Gasteiger partial charge in [-0.25, -0.2) is 0 Å². The monoisotopic (exact) mass is 251 g/mol. The van der Waals surface area contributed by atoms with Crippen LogP contribution in [0.25, 0.3) is 0 Å². The number of benzene rings is 1. The number of hydrogen-bond donors (Lipinski definition) is 0. The molecule has 1 fully saturated rings. The predicted molar refractivity (Wildman–Crippen MR) is 70.5 cm³/mol. The summed E-state index contributed by atoms with van der Waals surface area (Å²) in [6, 6.07) is 7.94. The number of nitrogens with zero attached hydrogens (tertiary/aromatic N) is 1. The third-order valence-electron chi connectivity index (χ3n) is 3.57. The van der Waals surface area contributed by atoms with Crippen molar-refractivity contribution in [2.24, 2.45) is 5.92 Å². The van der Waals surface area contributed by atoms with E-state index in [-0.39, 0.29) is 11.9 Å². The molecule has 3 heteroatoms. The minimum Gasteiger partial charge on any atom is -0.334 e. The first-order chi connectivity index (χ1) is 8.13. The molecule has 92 valence electrons. The van der Waals surface area contributed by atoms with Crippen LogP contribution in [0, 0.1) is 12.8 Å². The highest BCUT2D eigenvalue weighted by molar-refractivity contribution is 6.18. The van der Waals surface area contributed by atoms with E-state index in [9.17, 15) is 4.79 Å². The smallest absolute Gasteiger partial charge is 0.254 e. The van der Waals surface area contributed by atoms with Gasteiger partial charge in [-0.05, 0) is 31.4 Å². The molecule has 2 unspecified atom stereocenters. The quantitative estimate of drug-likeness (QED) is 0.740. The maximum absolute atomic E-state index is 12.4. The highest BCUT2D eigenvalue weighted by Crippen LogP contribution is 2.26. The number of amides is 1. The second-order valence-corrected chi connectivity index (χ2v) is 5.16. The van der Waals surface area contributed by atoms with Crippen molar-refractivity contribution in [1.29, 1.82) is 0 Å². The molecule has 1 aromatic rings. The molecular formula is C14H18ClNO. The fraction of sp³-hybridized carbons (Fsp3) is 0.500. The van der Waals surface area contributed by atoms with E-state index < -0.39 is 0 Å². The summed E-state index contributed by atoms with van der Waals surface area (Å²) in [4.78, 5) is 14.3. The average molecular weight is 252 g/mol. The zero-order valence-corrected chi connectivity index (χ0v) is 11.1. The minimum atomic E-state index is 0.115. The highest BCUT2D eigenvalue weighted by atomic mass is 35.5. The Morgan fingerprint density at radius 3 is 2.94 bits per heavy atom. The van der Waals surface area contributed by atoms with Crippen LogP contribution in [0.4, 0.5) is 0 Å². The number of rotatable bonds is 2. The predicted octanol–water partition coefficient (Wildman–Crippen LogP) is 3.08. The second-order valence-electron chi connectivity index (χ2n) is 4.86. The van der Waals surface area contributed by atoms with E-state index in [1.165, 1.54) is 0 Å². The lowest BCUT2D eigenvalue weighted by Gasteiger charge is -2.25. The molecule has 1 saturated heterocycles. The van der Waals surface area contributed by atoms with Crippen LogP contribution in [0.1, 0.15) is 29.3 Å². The number of hydrogen-bond acceptors (Lipinski definition) is 1. The Morgan fingerprint density at radius 2 is 2.29 bits per heavy atom. The van der Waals surface area contributed by atoms with Gasteiger partial charge in [0.2, 0.25) is 0 Å². The Balaban J connectivity index is 2.20. The van der Waals surface area contributed by atoms with Crippen molar-refractivity contribution in [3.05, 3.63) is 35.4 Å². The van der Waals surface area contributed by atoms with E-state index in [0.717, 1.165) is 24.1 Å². The van der Waals surface area contributed by atoms with Gasteiger partial charge in [-0.3, -0.25) is 4.79 Å². The first kappa shape index (κ1) is 12.4. The van der Waals surface area contributed by atoms with E-state index in [2.05, 4.69) is 6.92 Å². The number of carbonyl (C=O) groups is 1. The second kappa shape index (κ2) is 5.09. The largest absolute Gasteiger partial charge is 0.334 e. The molecule has 2 nitrogen and oxygen atoms in total. The number of halogens is 1. The average Bonchev–Trinajstić information content (AvgIpc) is 2.69. The van der Waals surface area contributed by atoms with Gasteiger partial charge < -0.3 is 4.90 Å². The summed E-state index contributed by atoms with van der Waals surface area (Å²) in [5.74, 6) is 1.14. The van der Waals surface area contributed by atoms with Crippen molar-refractivity contribution in [3.8, 4) is 0 Å². The zero-order valence-electron chi connectivity index (χ0n) is 10.3. The Morgan fingerprint density at radius 1 is 1.53 bits per heavy atom. The van der Waals surface area contributed by atoms with Gasteiger partial charge in [-0.15, -0.1) is 11.6 Å². The van der Waals surface area contributed by atoms with Crippen LogP contribution in [0.5, 0.6) is 0 Å². The molecule has 0 saturated carbocycles. The molecule has 1 aliphatic rings. The molecule has 2 atom stereocenters. The van der Waals surface area contributed by atoms with Crippen LogP contribution in [0.15, 0.2) is 24.3 Å². The fourth-order valence-corrected chi connectivity index (χ4v) is 2.91. The third kappa shape index (κ3) is 2.47. The first-order valence-corrected chi connectivity index (χ1v) is 6.60. The molecule has 1 heterocycles. The van der Waals surface area contributed by atoms with Gasteiger partial charge in [0, 0.05) is 24.0 Å². The maximum Gasteiger partial charge on any atom is 0.254 e. The SMILES string of the molecule is Cc1cccc(C(=O)N2CCC(C)C2CCl)c1. The fourth-order valence-electron chi connectivity index (χ4n) is 2.44. The molecule has 0 spiro atoms. The van der Waals surface area contributed by atoms with Crippen molar-refractivity contribution in [1.82, 2.24) is 4.90 Å². The molecule has 0 aliphatic carbocycles. The molecule has 0 aromatic heterocycles. The van der Waals surface area contributed by atoms with Gasteiger partial charge in [0.25, 0.3) is 5.91 Å². The lowest BCUT2D eigenvalue weighted by atomic mass is 10.0. The Kier molecular flexibility index (Phi) is 3.72. The van der Waals surface area contributed by atoms with Crippen molar-refractivity contribution in [3.63, 3.8) is 0 Å². The van der Waals surface area contributed by atoms with Crippen LogP contribution < -0.4 is 0 Å². The molecule has 17 heavy (non-hydrogen) atoms. The van der Waals surface area contributed by atoms with E-state index in [1.807, 2.05) is 36.1 Å². The van der Waals surface area contributed by atoms with Crippen LogP contribution in [-0.4, -0.2) is 29.3 Å². The summed E-state index contributed by atoms with van der Waals surface area (Å²) in [6.07, 6.45) is 1.05. The van der Waals surface area contributed by atoms with E-state index in [0.29, 0.717) is 11.8 Å². The van der Waals surface area contributed by atoms with E-state index >= 15 is 0 Å². The van der Waals surface area contributed by atoms with Crippen LogP contribution in [0.2, 0.25) is 0 Å². The summed E-state index contributed by atoms with van der Waals surface area (Å²) in [7, 11) is 0. The Hall–Kier alpha value is -1.02. The number of carbonyl (C=O) groups excluding carboxylic acids is 1. The normalized spacial score (nSPS) is 24.1. The van der Waals surface area contributed by atoms with Gasteiger partial charge in [0.15, 0.2) is 0 Å². The summed E-state index contributed by atoms with van der Waals surface area (Å²) in [6.45, 7) is 4.99. The number of aryl methyl sites for hydroxylation is 1. The van der Waals surface area contributed by atoms with Gasteiger partial charge in [0.05, 0.1) is 0 Å². The van der Waals surface area contributed by atoms with Gasteiger partial charge >= 0.3 is 0 Å². The summed E-state index contributed by atoms with van der Waals surface area (Å²) >= 11 is 5.97. The maximum atomic E-state index is 12.4. The highest BCUT2D eigenvalue weighted by Gasteiger charge is 2.33. The molecule has 1 amide bonds. The number of likely N-dealkylation sites (tertiary alicyclic amines) is 1. The lowest BCUT2D eigenvalue weighted by Crippen LogP contribution is -2.38. The molecule has 0 radical (unpaired) electrons. The van der Waals surface area contributed by atoms with Gasteiger partial charge in [-0.2, -0.15) is 0 Å². The minimum absolute atomic E-state index is 0.115. The van der Waals surface area contributed by atoms with Crippen molar-refractivity contribution >= 4 is 17.5 Å². The van der Waals surface area contributed by atoms with Gasteiger partial charge in [-0.1, -0.05) is 24.6 Å². The lowest BCUT2D eigenvalue weighted by molar-refractivity contribution is 0.0737. The molecule has 0 N–H and O–H groups in total. The topological polar surface area (TPSA) is 20.3 Å². The van der Waals surface area contributed by atoms with E-state index in [1.54, 1.807) is 0 Å². The zero-order chi connectivity index (χ0) is 12.4. The summed E-state index contributed by atoms with van der Waals surface area (Å²) in [5, 5.41) is 0. The van der Waals surface area contributed by atoms with Crippen molar-refractivity contribution in [2.75, 3.05) is 12.4 Å². The molecule has 1 aliphatic heterocycles. The number of alkyl halides is 1. The van der Waals surface area contributed by atoms with Crippen LogP contribution >= 0.6 is 11.6 Å². The van der Waals surface area contributed by atoms with Crippen LogP contribution in [-0.2, 0) is 0 Å². The standard InChI is InChI=1S/C14H18ClNO/c1-10-4-3-5-12(8-10)14(17)16-7-6-11(2)13(16)9-15/h3-5,8,11,13H,6-7,9H2,1-2H3.